The lowest BCUT2D eigenvalue weighted by molar-refractivity contribution is -0.140. The first kappa shape index (κ1) is 19.3. The predicted octanol–water partition coefficient (Wildman–Crippen LogP) is 3.67. The second-order valence-corrected chi connectivity index (χ2v) is 8.84. The number of ether oxygens (including phenoxy) is 1. The summed E-state index contributed by atoms with van der Waals surface area (Å²) < 4.78 is 18.9. The maximum absolute atomic E-state index is 13.6. The van der Waals surface area contributed by atoms with Gasteiger partial charge in [-0.3, -0.25) is 4.79 Å². The SMILES string of the molecule is CCC(F)C(=O)Oc1n[nH]c(=O)c(Br)c1N[C@@H]1C[C@@H]2C[C@H]([C@H]1C)C2(C)C. The first-order chi connectivity index (χ1) is 12.2. The third kappa shape index (κ3) is 3.17. The average Bonchev–Trinajstić information content (AvgIpc) is 2.61. The zero-order valence-corrected chi connectivity index (χ0v) is 17.0. The van der Waals surface area contributed by atoms with Crippen molar-refractivity contribution >= 4 is 27.6 Å². The summed E-state index contributed by atoms with van der Waals surface area (Å²) in [6, 6.07) is 0.136. The number of H-pyrrole nitrogens is 1. The molecule has 0 aliphatic heterocycles. The Hall–Kier alpha value is -1.44. The van der Waals surface area contributed by atoms with E-state index >= 15 is 0 Å². The Kier molecular flexibility index (Phi) is 5.16. The van der Waals surface area contributed by atoms with Crippen molar-refractivity contribution in [3.8, 4) is 5.88 Å². The number of fused-ring (bicyclic) bond motifs is 2. The summed E-state index contributed by atoms with van der Waals surface area (Å²) in [4.78, 5) is 23.8. The van der Waals surface area contributed by atoms with Crippen LogP contribution in [0.1, 0.15) is 47.0 Å². The highest BCUT2D eigenvalue weighted by Crippen LogP contribution is 2.61. The van der Waals surface area contributed by atoms with E-state index in [9.17, 15) is 14.0 Å². The molecule has 8 heteroatoms. The number of nitrogens with one attached hydrogen (secondary N) is 2. The van der Waals surface area contributed by atoms with Crippen molar-refractivity contribution in [2.75, 3.05) is 5.32 Å². The van der Waals surface area contributed by atoms with Gasteiger partial charge in [-0.15, -0.1) is 5.10 Å². The predicted molar refractivity (Wildman–Crippen MR) is 99.9 cm³/mol. The molecule has 2 bridgehead atoms. The highest BCUT2D eigenvalue weighted by Gasteiger charge is 2.56. The molecule has 1 unspecified atom stereocenters. The molecule has 4 rings (SSSR count). The fourth-order valence-corrected chi connectivity index (χ4v) is 4.84. The maximum atomic E-state index is 13.6. The quantitative estimate of drug-likeness (QED) is 0.697. The zero-order valence-electron chi connectivity index (χ0n) is 15.4. The van der Waals surface area contributed by atoms with Gasteiger partial charge in [-0.1, -0.05) is 27.7 Å². The van der Waals surface area contributed by atoms with Crippen molar-refractivity contribution in [1.82, 2.24) is 10.2 Å². The minimum absolute atomic E-state index is 0.0181. The van der Waals surface area contributed by atoms with Gasteiger partial charge in [-0.25, -0.2) is 14.3 Å². The number of hydrogen-bond acceptors (Lipinski definition) is 5. The Bertz CT molecular complexity index is 767. The lowest BCUT2D eigenvalue weighted by Crippen LogP contribution is -2.58. The van der Waals surface area contributed by atoms with Gasteiger partial charge < -0.3 is 10.1 Å². The number of nitrogens with zero attached hydrogens (tertiary/aromatic N) is 1. The van der Waals surface area contributed by atoms with Crippen LogP contribution >= 0.6 is 15.9 Å². The van der Waals surface area contributed by atoms with Crippen LogP contribution in [0.15, 0.2) is 9.27 Å². The van der Waals surface area contributed by atoms with Gasteiger partial charge in [0.2, 0.25) is 0 Å². The van der Waals surface area contributed by atoms with Crippen LogP contribution in [-0.2, 0) is 4.79 Å². The molecule has 3 saturated carbocycles. The molecule has 3 aliphatic carbocycles. The highest BCUT2D eigenvalue weighted by molar-refractivity contribution is 9.10. The van der Waals surface area contributed by atoms with E-state index in [1.54, 1.807) is 6.92 Å². The third-order valence-corrected chi connectivity index (χ3v) is 7.14. The lowest BCUT2D eigenvalue weighted by Gasteiger charge is -2.62. The Labute approximate surface area is 160 Å². The summed E-state index contributed by atoms with van der Waals surface area (Å²) in [7, 11) is 0. The van der Waals surface area contributed by atoms with Crippen LogP contribution in [0.25, 0.3) is 0 Å². The van der Waals surface area contributed by atoms with Crippen LogP contribution in [-0.4, -0.2) is 28.4 Å². The number of aromatic nitrogens is 2. The Morgan fingerprint density at radius 1 is 1.50 bits per heavy atom. The summed E-state index contributed by atoms with van der Waals surface area (Å²) in [5, 5.41) is 9.40. The number of carbonyl (C=O) groups excluding carboxylic acids is 1. The molecular weight excluding hydrogens is 405 g/mol. The standard InChI is InChI=1S/C18H25BrFN3O3/c1-5-11(20)17(25)26-16-14(13(19)15(24)22-23-16)21-12-7-9-6-10(8(12)2)18(9,3)4/h8-12H,5-7H2,1-4H3,(H2,21,22,24)/t8-,9+,10-,11?,12-/m1/s1. The topological polar surface area (TPSA) is 84.1 Å². The molecule has 5 atom stereocenters. The van der Waals surface area contributed by atoms with E-state index in [0.29, 0.717) is 28.9 Å². The molecular formula is C18H25BrFN3O3. The van der Waals surface area contributed by atoms with Crippen LogP contribution in [0.3, 0.4) is 0 Å². The van der Waals surface area contributed by atoms with E-state index in [4.69, 9.17) is 4.74 Å². The molecule has 26 heavy (non-hydrogen) atoms. The van der Waals surface area contributed by atoms with E-state index in [0.717, 1.165) is 6.42 Å². The van der Waals surface area contributed by atoms with E-state index in [2.05, 4.69) is 52.2 Å². The molecule has 0 spiro atoms. The first-order valence-electron chi connectivity index (χ1n) is 9.07. The van der Waals surface area contributed by atoms with Gasteiger partial charge in [-0.2, -0.15) is 0 Å². The number of anilines is 1. The Morgan fingerprint density at radius 3 is 2.77 bits per heavy atom. The first-order valence-corrected chi connectivity index (χ1v) is 9.86. The van der Waals surface area contributed by atoms with Crippen LogP contribution < -0.4 is 15.6 Å². The monoisotopic (exact) mass is 429 g/mol. The summed E-state index contributed by atoms with van der Waals surface area (Å²) in [5.74, 6) is 0.505. The lowest BCUT2D eigenvalue weighted by atomic mass is 9.45. The molecule has 0 radical (unpaired) electrons. The van der Waals surface area contributed by atoms with Crippen LogP contribution in [0, 0.1) is 23.2 Å². The van der Waals surface area contributed by atoms with Gasteiger partial charge >= 0.3 is 5.97 Å². The summed E-state index contributed by atoms with van der Waals surface area (Å²) in [6.45, 7) is 8.37. The fraction of sp³-hybridized carbons (Fsp3) is 0.722. The zero-order chi connectivity index (χ0) is 19.2. The maximum Gasteiger partial charge on any atom is 0.347 e. The van der Waals surface area contributed by atoms with Gasteiger partial charge in [0.25, 0.3) is 11.4 Å². The number of aromatic amines is 1. The molecule has 0 aromatic carbocycles. The molecule has 1 aromatic rings. The summed E-state index contributed by atoms with van der Waals surface area (Å²) in [5.41, 5.74) is 0.203. The number of hydrogen-bond donors (Lipinski definition) is 2. The van der Waals surface area contributed by atoms with Crippen molar-refractivity contribution < 1.29 is 13.9 Å². The number of carbonyl (C=O) groups is 1. The molecule has 3 fully saturated rings. The average molecular weight is 430 g/mol. The fourth-order valence-electron chi connectivity index (χ4n) is 4.46. The van der Waals surface area contributed by atoms with Gasteiger partial charge in [0.05, 0.1) is 0 Å². The third-order valence-electron chi connectivity index (χ3n) is 6.39. The van der Waals surface area contributed by atoms with Crippen molar-refractivity contribution in [2.24, 2.45) is 23.2 Å². The van der Waals surface area contributed by atoms with Crippen molar-refractivity contribution in [1.29, 1.82) is 0 Å². The van der Waals surface area contributed by atoms with Crippen LogP contribution in [0.5, 0.6) is 5.88 Å². The Balaban J connectivity index is 1.84. The molecule has 3 aliphatic rings. The molecule has 0 amide bonds. The van der Waals surface area contributed by atoms with Crippen molar-refractivity contribution in [2.45, 2.75) is 59.2 Å². The Morgan fingerprint density at radius 2 is 2.19 bits per heavy atom. The highest BCUT2D eigenvalue weighted by atomic mass is 79.9. The van der Waals surface area contributed by atoms with Gasteiger partial charge in [0.15, 0.2) is 6.17 Å². The van der Waals surface area contributed by atoms with E-state index in [-0.39, 0.29) is 22.8 Å². The molecule has 2 N–H and O–H groups in total. The van der Waals surface area contributed by atoms with Crippen molar-refractivity contribution in [3.05, 3.63) is 14.8 Å². The number of esters is 1. The molecule has 6 nitrogen and oxygen atoms in total. The van der Waals surface area contributed by atoms with E-state index < -0.39 is 17.7 Å². The van der Waals surface area contributed by atoms with Gasteiger partial charge in [0.1, 0.15) is 10.2 Å². The summed E-state index contributed by atoms with van der Waals surface area (Å²) >= 11 is 3.24. The van der Waals surface area contributed by atoms with Crippen molar-refractivity contribution in [3.63, 3.8) is 0 Å². The minimum atomic E-state index is -1.72. The molecule has 1 aromatic heterocycles. The molecule has 144 valence electrons. The van der Waals surface area contributed by atoms with Gasteiger partial charge in [-0.05, 0) is 58.4 Å². The second kappa shape index (κ2) is 6.94. The van der Waals surface area contributed by atoms with E-state index in [1.807, 2.05) is 0 Å². The minimum Gasteiger partial charge on any atom is -0.401 e. The normalized spacial score (nSPS) is 30.2. The van der Waals surface area contributed by atoms with E-state index in [1.165, 1.54) is 6.42 Å². The van der Waals surface area contributed by atoms with Crippen LogP contribution in [0.4, 0.5) is 10.1 Å². The molecule has 0 saturated heterocycles. The number of halogens is 2. The summed E-state index contributed by atoms with van der Waals surface area (Å²) in [6.07, 6.45) is 0.489. The number of rotatable bonds is 5. The smallest absolute Gasteiger partial charge is 0.347 e. The number of alkyl halides is 1. The largest absolute Gasteiger partial charge is 0.401 e. The second-order valence-electron chi connectivity index (χ2n) is 8.05. The van der Waals surface area contributed by atoms with Gasteiger partial charge in [0, 0.05) is 6.04 Å². The molecule has 1 heterocycles. The van der Waals surface area contributed by atoms with Crippen LogP contribution in [0.2, 0.25) is 0 Å².